The monoisotopic (exact) mass is 290 g/mol. The molecule has 0 saturated carbocycles. The van der Waals surface area contributed by atoms with Crippen molar-refractivity contribution in [1.29, 1.82) is 0 Å². The van der Waals surface area contributed by atoms with E-state index in [0.717, 1.165) is 10.9 Å². The normalized spacial score (nSPS) is 12.6. The zero-order valence-electron chi connectivity index (χ0n) is 9.73. The summed E-state index contributed by atoms with van der Waals surface area (Å²) in [7, 11) is -5.63. The van der Waals surface area contributed by atoms with Crippen molar-refractivity contribution in [2.75, 3.05) is 0 Å². The molecule has 0 aliphatic carbocycles. The van der Waals surface area contributed by atoms with Gasteiger partial charge in [0.1, 0.15) is 5.75 Å². The molecule has 0 amide bonds. The summed E-state index contributed by atoms with van der Waals surface area (Å²) in [6.07, 6.45) is 0. The van der Waals surface area contributed by atoms with Gasteiger partial charge in [-0.15, -0.1) is 0 Å². The summed E-state index contributed by atoms with van der Waals surface area (Å²) in [5.74, 6) is -0.365. The highest BCUT2D eigenvalue weighted by Crippen LogP contribution is 2.29. The van der Waals surface area contributed by atoms with E-state index >= 15 is 0 Å². The Morgan fingerprint density at radius 3 is 2.26 bits per heavy atom. The van der Waals surface area contributed by atoms with E-state index in [1.807, 2.05) is 13.0 Å². The molecule has 0 atom stereocenters. The Bertz CT molecular complexity index is 721. The average Bonchev–Trinajstić information content (AvgIpc) is 2.26. The molecule has 2 rings (SSSR count). The number of benzene rings is 2. The fraction of sp³-hybridized carbons (Fsp3) is 0.167. The Morgan fingerprint density at radius 1 is 1.00 bits per heavy atom. The number of hydrogen-bond donors (Lipinski definition) is 0. The van der Waals surface area contributed by atoms with Crippen LogP contribution in [0.5, 0.6) is 5.75 Å². The third kappa shape index (κ3) is 2.81. The smallest absolute Gasteiger partial charge is 0.376 e. The fourth-order valence-electron chi connectivity index (χ4n) is 1.57. The van der Waals surface area contributed by atoms with E-state index in [4.69, 9.17) is 0 Å². The summed E-state index contributed by atoms with van der Waals surface area (Å²) in [6.45, 7) is 1.82. The fourth-order valence-corrected chi connectivity index (χ4v) is 2.02. The third-order valence-electron chi connectivity index (χ3n) is 2.46. The molecule has 3 nitrogen and oxygen atoms in total. The quantitative estimate of drug-likeness (QED) is 0.629. The molecule has 2 aromatic rings. The maximum Gasteiger partial charge on any atom is 0.534 e. The van der Waals surface area contributed by atoms with Gasteiger partial charge in [0.2, 0.25) is 0 Å². The Morgan fingerprint density at radius 2 is 1.63 bits per heavy atom. The zero-order valence-corrected chi connectivity index (χ0v) is 10.5. The van der Waals surface area contributed by atoms with E-state index in [1.165, 1.54) is 18.2 Å². The van der Waals surface area contributed by atoms with Crippen molar-refractivity contribution in [2.24, 2.45) is 0 Å². The summed E-state index contributed by atoms with van der Waals surface area (Å²) in [6, 6.07) is 9.28. The molecule has 0 fully saturated rings. The van der Waals surface area contributed by atoms with Crippen molar-refractivity contribution in [3.63, 3.8) is 0 Å². The van der Waals surface area contributed by atoms with Crippen LogP contribution < -0.4 is 4.18 Å². The Kier molecular flexibility index (Phi) is 3.17. The highest BCUT2D eigenvalue weighted by atomic mass is 32.2. The Hall–Kier alpha value is -1.76. The van der Waals surface area contributed by atoms with Crippen LogP contribution in [0.1, 0.15) is 5.56 Å². The second-order valence-corrected chi connectivity index (χ2v) is 5.53. The van der Waals surface area contributed by atoms with Crippen molar-refractivity contribution >= 4 is 20.9 Å². The molecule has 0 radical (unpaired) electrons. The van der Waals surface area contributed by atoms with Crippen LogP contribution in [0.3, 0.4) is 0 Å². The van der Waals surface area contributed by atoms with E-state index in [-0.39, 0.29) is 5.75 Å². The molecule has 102 valence electrons. The summed E-state index contributed by atoms with van der Waals surface area (Å²) >= 11 is 0. The molecular weight excluding hydrogens is 281 g/mol. The average molecular weight is 290 g/mol. The van der Waals surface area contributed by atoms with Crippen molar-refractivity contribution in [3.05, 3.63) is 42.0 Å². The first-order chi connectivity index (χ1) is 8.69. The van der Waals surface area contributed by atoms with Crippen molar-refractivity contribution in [1.82, 2.24) is 0 Å². The first kappa shape index (κ1) is 13.7. The van der Waals surface area contributed by atoms with Crippen molar-refractivity contribution in [2.45, 2.75) is 12.4 Å². The summed E-state index contributed by atoms with van der Waals surface area (Å²) in [4.78, 5) is 0. The number of rotatable bonds is 2. The molecule has 0 aliphatic rings. The van der Waals surface area contributed by atoms with Gasteiger partial charge in [-0.25, -0.2) is 0 Å². The van der Waals surface area contributed by atoms with Gasteiger partial charge in [-0.2, -0.15) is 21.6 Å². The molecule has 0 unspecified atom stereocenters. The van der Waals surface area contributed by atoms with Gasteiger partial charge < -0.3 is 4.18 Å². The SMILES string of the molecule is Cc1ccc2ccc(OS(=O)(=O)C(F)(F)F)cc2c1. The third-order valence-corrected chi connectivity index (χ3v) is 3.44. The van der Waals surface area contributed by atoms with E-state index in [2.05, 4.69) is 4.18 Å². The van der Waals surface area contributed by atoms with Gasteiger partial charge in [0.25, 0.3) is 0 Å². The lowest BCUT2D eigenvalue weighted by atomic mass is 10.1. The number of hydrogen-bond acceptors (Lipinski definition) is 3. The van der Waals surface area contributed by atoms with Gasteiger partial charge in [-0.3, -0.25) is 0 Å². The van der Waals surface area contributed by atoms with Crippen LogP contribution in [-0.4, -0.2) is 13.9 Å². The summed E-state index contributed by atoms with van der Waals surface area (Å²) in [5, 5.41) is 1.39. The molecule has 2 aromatic carbocycles. The van der Waals surface area contributed by atoms with Gasteiger partial charge in [0.15, 0.2) is 0 Å². The highest BCUT2D eigenvalue weighted by molar-refractivity contribution is 7.88. The first-order valence-electron chi connectivity index (χ1n) is 5.20. The topological polar surface area (TPSA) is 43.4 Å². The Labute approximate surface area is 107 Å². The van der Waals surface area contributed by atoms with Gasteiger partial charge in [0, 0.05) is 0 Å². The molecule has 0 N–H and O–H groups in total. The van der Waals surface area contributed by atoms with Gasteiger partial charge in [-0.1, -0.05) is 29.8 Å². The maximum atomic E-state index is 12.2. The minimum atomic E-state index is -5.63. The van der Waals surface area contributed by atoms with E-state index in [9.17, 15) is 21.6 Å². The van der Waals surface area contributed by atoms with Crippen molar-refractivity contribution in [3.8, 4) is 5.75 Å². The van der Waals surface area contributed by atoms with Gasteiger partial charge >= 0.3 is 15.6 Å². The molecule has 0 spiro atoms. The number of alkyl halides is 3. The summed E-state index contributed by atoms with van der Waals surface area (Å²) in [5.41, 5.74) is -4.53. The number of aryl methyl sites for hydroxylation is 1. The van der Waals surface area contributed by atoms with E-state index in [1.54, 1.807) is 12.1 Å². The second kappa shape index (κ2) is 4.41. The molecule has 0 aliphatic heterocycles. The highest BCUT2D eigenvalue weighted by Gasteiger charge is 2.48. The van der Waals surface area contributed by atoms with Crippen LogP contribution in [0.4, 0.5) is 13.2 Å². The molecule has 19 heavy (non-hydrogen) atoms. The first-order valence-corrected chi connectivity index (χ1v) is 6.61. The van der Waals surface area contributed by atoms with Crippen LogP contribution in [-0.2, 0) is 10.1 Å². The van der Waals surface area contributed by atoms with E-state index < -0.39 is 15.6 Å². The standard InChI is InChI=1S/C12H9F3O3S/c1-8-2-3-9-4-5-11(7-10(9)6-8)18-19(16,17)12(13,14)15/h2-7H,1H3. The number of halogens is 3. The van der Waals surface area contributed by atoms with Crippen LogP contribution >= 0.6 is 0 Å². The predicted molar refractivity (Wildman–Crippen MR) is 64.3 cm³/mol. The zero-order chi connectivity index (χ0) is 14.3. The molecule has 0 saturated heterocycles. The minimum absolute atomic E-state index is 0.365. The molecule has 0 aromatic heterocycles. The molecule has 0 bridgehead atoms. The molecular formula is C12H9F3O3S. The summed E-state index contributed by atoms with van der Waals surface area (Å²) < 4.78 is 62.4. The van der Waals surface area contributed by atoms with Gasteiger partial charge in [-0.05, 0) is 29.8 Å². The lowest BCUT2D eigenvalue weighted by molar-refractivity contribution is -0.0500. The molecule has 0 heterocycles. The van der Waals surface area contributed by atoms with Crippen LogP contribution in [0.15, 0.2) is 36.4 Å². The Balaban J connectivity index is 2.42. The van der Waals surface area contributed by atoms with Crippen molar-refractivity contribution < 1.29 is 25.8 Å². The van der Waals surface area contributed by atoms with Gasteiger partial charge in [0.05, 0.1) is 0 Å². The predicted octanol–water partition coefficient (Wildman–Crippen LogP) is 3.38. The molecule has 7 heteroatoms. The van der Waals surface area contributed by atoms with Crippen LogP contribution in [0, 0.1) is 6.92 Å². The number of fused-ring (bicyclic) bond motifs is 1. The van der Waals surface area contributed by atoms with E-state index in [0.29, 0.717) is 5.39 Å². The lowest BCUT2D eigenvalue weighted by Crippen LogP contribution is -2.28. The minimum Gasteiger partial charge on any atom is -0.376 e. The lowest BCUT2D eigenvalue weighted by Gasteiger charge is -2.10. The van der Waals surface area contributed by atoms with Crippen LogP contribution in [0.25, 0.3) is 10.8 Å². The largest absolute Gasteiger partial charge is 0.534 e. The second-order valence-electron chi connectivity index (χ2n) is 4.00. The van der Waals surface area contributed by atoms with Crippen LogP contribution in [0.2, 0.25) is 0 Å². The maximum absolute atomic E-state index is 12.2.